The summed E-state index contributed by atoms with van der Waals surface area (Å²) in [6.45, 7) is -0.524. The van der Waals surface area contributed by atoms with Crippen molar-refractivity contribution >= 4 is 17.7 Å². The Hall–Kier alpha value is -1.86. The normalized spacial score (nSPS) is 20.6. The summed E-state index contributed by atoms with van der Waals surface area (Å²) in [5, 5.41) is 10.1. The quantitative estimate of drug-likeness (QED) is 0.523. The largest absolute Gasteiger partial charge is 0.545 e. The van der Waals surface area contributed by atoms with Crippen LogP contribution in [-0.2, 0) is 14.4 Å². The summed E-state index contributed by atoms with van der Waals surface area (Å²) in [5.41, 5.74) is 0. The fourth-order valence-corrected chi connectivity index (χ4v) is 1.80. The number of carbonyl (C=O) groups excluding carboxylic acids is 3. The molecule has 5 nitrogen and oxygen atoms in total. The highest BCUT2D eigenvalue weighted by molar-refractivity contribution is 6.40. The molecule has 1 atom stereocenters. The first kappa shape index (κ1) is 15.2. The number of hydrogen-bond donors (Lipinski definition) is 0. The molecule has 0 aromatic carbocycles. The Balaban J connectivity index is 2.67. The van der Waals surface area contributed by atoms with Gasteiger partial charge in [0.25, 0.3) is 5.91 Å². The standard InChI is InChI=1S/C11H12F3NO4/c12-11(13,14)7-2-1-5-15(6-7)10(19)8(16)3-4-9(17)18/h3-4,7H,1-2,5-6H2,(H,17,18)/p-1/b4-3+/t7-/m0/s1. The molecule has 1 rings (SSSR count). The molecular weight excluding hydrogens is 267 g/mol. The van der Waals surface area contributed by atoms with Crippen LogP contribution in [0.25, 0.3) is 0 Å². The number of likely N-dealkylation sites (tertiary alicyclic amines) is 1. The number of hydrogen-bond acceptors (Lipinski definition) is 4. The second-order valence-electron chi connectivity index (χ2n) is 4.15. The van der Waals surface area contributed by atoms with E-state index in [4.69, 9.17) is 0 Å². The van der Waals surface area contributed by atoms with Gasteiger partial charge in [-0.2, -0.15) is 13.2 Å². The summed E-state index contributed by atoms with van der Waals surface area (Å²) in [4.78, 5) is 33.6. The Morgan fingerprint density at radius 2 is 1.84 bits per heavy atom. The number of rotatable bonds is 3. The maximum Gasteiger partial charge on any atom is 0.393 e. The lowest BCUT2D eigenvalue weighted by Crippen LogP contribution is -2.46. The molecule has 0 aromatic heterocycles. The molecule has 1 saturated heterocycles. The molecule has 1 amide bonds. The summed E-state index contributed by atoms with van der Waals surface area (Å²) in [5.74, 6) is -5.62. The molecule has 1 fully saturated rings. The number of piperidine rings is 1. The van der Waals surface area contributed by atoms with Crippen molar-refractivity contribution < 1.29 is 32.7 Å². The van der Waals surface area contributed by atoms with Crippen molar-refractivity contribution in [2.45, 2.75) is 19.0 Å². The molecule has 0 N–H and O–H groups in total. The van der Waals surface area contributed by atoms with Crippen molar-refractivity contribution in [2.75, 3.05) is 13.1 Å². The zero-order chi connectivity index (χ0) is 14.6. The van der Waals surface area contributed by atoms with E-state index in [1.54, 1.807) is 0 Å². The van der Waals surface area contributed by atoms with Gasteiger partial charge in [-0.15, -0.1) is 0 Å². The van der Waals surface area contributed by atoms with E-state index >= 15 is 0 Å². The van der Waals surface area contributed by atoms with Gasteiger partial charge in [-0.3, -0.25) is 9.59 Å². The zero-order valence-corrected chi connectivity index (χ0v) is 9.77. The second-order valence-corrected chi connectivity index (χ2v) is 4.15. The highest BCUT2D eigenvalue weighted by atomic mass is 19.4. The predicted molar refractivity (Wildman–Crippen MR) is 54.5 cm³/mol. The van der Waals surface area contributed by atoms with Crippen LogP contribution in [0.2, 0.25) is 0 Å². The van der Waals surface area contributed by atoms with E-state index in [0.717, 1.165) is 4.90 Å². The van der Waals surface area contributed by atoms with E-state index in [1.165, 1.54) is 0 Å². The SMILES string of the molecule is O=C([O-])/C=C/C(=O)C(=O)N1CCC[C@H](C(F)(F)F)C1. The van der Waals surface area contributed by atoms with Gasteiger partial charge in [-0.1, -0.05) is 0 Å². The van der Waals surface area contributed by atoms with E-state index in [2.05, 4.69) is 0 Å². The highest BCUT2D eigenvalue weighted by Crippen LogP contribution is 2.33. The van der Waals surface area contributed by atoms with Crippen molar-refractivity contribution in [1.29, 1.82) is 0 Å². The molecule has 0 spiro atoms. The molecule has 106 valence electrons. The lowest BCUT2D eigenvalue weighted by molar-refractivity contribution is -0.297. The summed E-state index contributed by atoms with van der Waals surface area (Å²) in [6, 6.07) is 0. The number of amides is 1. The molecular formula is C11H11F3NO4-. The van der Waals surface area contributed by atoms with Gasteiger partial charge >= 0.3 is 6.18 Å². The number of nitrogens with zero attached hydrogens (tertiary/aromatic N) is 1. The fraction of sp³-hybridized carbons (Fsp3) is 0.545. The first-order valence-electron chi connectivity index (χ1n) is 5.51. The molecule has 0 aromatic rings. The van der Waals surface area contributed by atoms with Crippen molar-refractivity contribution in [3.8, 4) is 0 Å². The Morgan fingerprint density at radius 1 is 1.21 bits per heavy atom. The monoisotopic (exact) mass is 278 g/mol. The number of carboxylic acids is 1. The van der Waals surface area contributed by atoms with E-state index in [-0.39, 0.29) is 19.4 Å². The average Bonchev–Trinajstić information content (AvgIpc) is 2.34. The Labute approximate surface area is 106 Å². The number of halogens is 3. The van der Waals surface area contributed by atoms with Gasteiger partial charge < -0.3 is 14.8 Å². The highest BCUT2D eigenvalue weighted by Gasteiger charge is 2.43. The van der Waals surface area contributed by atoms with Crippen LogP contribution in [-0.4, -0.2) is 41.8 Å². The van der Waals surface area contributed by atoms with E-state index in [1.807, 2.05) is 0 Å². The summed E-state index contributed by atoms with van der Waals surface area (Å²) >= 11 is 0. The maximum atomic E-state index is 12.5. The molecule has 1 aliphatic heterocycles. The number of ketones is 1. The Morgan fingerprint density at radius 3 is 2.37 bits per heavy atom. The molecule has 0 radical (unpaired) electrons. The van der Waals surface area contributed by atoms with Gasteiger partial charge in [0, 0.05) is 13.1 Å². The predicted octanol–water partition coefficient (Wildman–Crippen LogP) is -0.338. The Bertz CT molecular complexity index is 417. The van der Waals surface area contributed by atoms with Crippen LogP contribution in [0, 0.1) is 5.92 Å². The number of aliphatic carboxylic acids is 1. The van der Waals surface area contributed by atoms with Gasteiger partial charge in [-0.05, 0) is 25.0 Å². The third-order valence-corrected chi connectivity index (χ3v) is 2.75. The average molecular weight is 278 g/mol. The van der Waals surface area contributed by atoms with E-state index < -0.39 is 36.3 Å². The minimum absolute atomic E-state index is 0.0519. The second kappa shape index (κ2) is 5.85. The lowest BCUT2D eigenvalue weighted by atomic mass is 9.97. The topological polar surface area (TPSA) is 77.5 Å². The van der Waals surface area contributed by atoms with Crippen molar-refractivity contribution in [3.05, 3.63) is 12.2 Å². The molecule has 8 heteroatoms. The van der Waals surface area contributed by atoms with Crippen LogP contribution in [0.5, 0.6) is 0 Å². The number of carboxylic acid groups (broad SMARTS) is 1. The van der Waals surface area contributed by atoms with Crippen LogP contribution in [0.15, 0.2) is 12.2 Å². The molecule has 0 saturated carbocycles. The molecule has 0 bridgehead atoms. The van der Waals surface area contributed by atoms with Crippen LogP contribution in [0.4, 0.5) is 13.2 Å². The summed E-state index contributed by atoms with van der Waals surface area (Å²) < 4.78 is 37.5. The molecule has 1 heterocycles. The van der Waals surface area contributed by atoms with Gasteiger partial charge in [0.05, 0.1) is 11.9 Å². The van der Waals surface area contributed by atoms with Gasteiger partial charge in [0.1, 0.15) is 0 Å². The molecule has 1 aliphatic rings. The van der Waals surface area contributed by atoms with Gasteiger partial charge in [-0.25, -0.2) is 0 Å². The first-order valence-corrected chi connectivity index (χ1v) is 5.51. The zero-order valence-electron chi connectivity index (χ0n) is 9.77. The van der Waals surface area contributed by atoms with Crippen LogP contribution < -0.4 is 5.11 Å². The third-order valence-electron chi connectivity index (χ3n) is 2.75. The van der Waals surface area contributed by atoms with Crippen molar-refractivity contribution in [1.82, 2.24) is 4.90 Å². The van der Waals surface area contributed by atoms with E-state index in [9.17, 15) is 32.7 Å². The van der Waals surface area contributed by atoms with Crippen LogP contribution in [0.1, 0.15) is 12.8 Å². The van der Waals surface area contributed by atoms with Crippen molar-refractivity contribution in [2.24, 2.45) is 5.92 Å². The third kappa shape index (κ3) is 4.38. The molecule has 0 unspecified atom stereocenters. The molecule has 19 heavy (non-hydrogen) atoms. The Kier molecular flexibility index (Phi) is 4.68. The number of carbonyl (C=O) groups is 3. The maximum absolute atomic E-state index is 12.5. The van der Waals surface area contributed by atoms with Crippen LogP contribution in [0.3, 0.4) is 0 Å². The smallest absolute Gasteiger partial charge is 0.393 e. The lowest BCUT2D eigenvalue weighted by Gasteiger charge is -2.33. The summed E-state index contributed by atoms with van der Waals surface area (Å²) in [7, 11) is 0. The van der Waals surface area contributed by atoms with Crippen molar-refractivity contribution in [3.63, 3.8) is 0 Å². The van der Waals surface area contributed by atoms with E-state index in [0.29, 0.717) is 12.2 Å². The summed E-state index contributed by atoms with van der Waals surface area (Å²) in [6.07, 6.45) is -3.51. The minimum atomic E-state index is -4.41. The number of alkyl halides is 3. The fourth-order valence-electron chi connectivity index (χ4n) is 1.80. The van der Waals surface area contributed by atoms with Gasteiger partial charge in [0.15, 0.2) is 0 Å². The first-order chi connectivity index (χ1) is 8.71. The van der Waals surface area contributed by atoms with Crippen LogP contribution >= 0.6 is 0 Å². The minimum Gasteiger partial charge on any atom is -0.545 e. The van der Waals surface area contributed by atoms with Gasteiger partial charge in [0.2, 0.25) is 5.78 Å². The molecule has 0 aliphatic carbocycles.